The lowest BCUT2D eigenvalue weighted by atomic mass is 9.95. The minimum atomic E-state index is -0.161. The fourth-order valence-electron chi connectivity index (χ4n) is 5.25. The zero-order valence-corrected chi connectivity index (χ0v) is 22.5. The van der Waals surface area contributed by atoms with Crippen LogP contribution in [-0.2, 0) is 11.8 Å². The number of rotatable bonds is 5. The normalized spacial score (nSPS) is 16.2. The van der Waals surface area contributed by atoms with E-state index in [4.69, 9.17) is 0 Å². The number of aryl methyl sites for hydroxylation is 1. The first-order chi connectivity index (χ1) is 18.9. The van der Waals surface area contributed by atoms with Crippen molar-refractivity contribution in [1.82, 2.24) is 19.4 Å². The minimum absolute atomic E-state index is 0.00626. The number of aromatic nitrogens is 2. The van der Waals surface area contributed by atoms with Crippen LogP contribution < -0.4 is 15.1 Å². The van der Waals surface area contributed by atoms with Gasteiger partial charge in [-0.1, -0.05) is 0 Å². The summed E-state index contributed by atoms with van der Waals surface area (Å²) in [5, 5.41) is 2.98. The van der Waals surface area contributed by atoms with E-state index in [-0.39, 0.29) is 23.8 Å². The van der Waals surface area contributed by atoms with Gasteiger partial charge in [0.1, 0.15) is 5.69 Å². The summed E-state index contributed by atoms with van der Waals surface area (Å²) in [5.41, 5.74) is 3.27. The van der Waals surface area contributed by atoms with Gasteiger partial charge in [-0.25, -0.2) is 4.79 Å². The molecule has 2 fully saturated rings. The van der Waals surface area contributed by atoms with Crippen molar-refractivity contribution in [3.05, 3.63) is 72.8 Å². The first kappa shape index (κ1) is 26.3. The van der Waals surface area contributed by atoms with E-state index in [0.717, 1.165) is 43.0 Å². The number of piperidine rings is 1. The number of anilines is 3. The molecular formula is C29H35N7O3. The second kappa shape index (κ2) is 11.6. The Morgan fingerprint density at radius 2 is 1.59 bits per heavy atom. The van der Waals surface area contributed by atoms with Crippen LogP contribution in [0.15, 0.2) is 67.1 Å². The highest BCUT2D eigenvalue weighted by Gasteiger charge is 2.28. The number of amides is 4. The van der Waals surface area contributed by atoms with Crippen LogP contribution in [0, 0.1) is 5.92 Å². The van der Waals surface area contributed by atoms with Gasteiger partial charge in [0.15, 0.2) is 0 Å². The van der Waals surface area contributed by atoms with E-state index in [0.29, 0.717) is 31.9 Å². The monoisotopic (exact) mass is 529 g/mol. The van der Waals surface area contributed by atoms with Crippen LogP contribution in [0.4, 0.5) is 21.9 Å². The topological polar surface area (TPSA) is 94.0 Å². The molecule has 2 aliphatic heterocycles. The van der Waals surface area contributed by atoms with Crippen molar-refractivity contribution in [2.75, 3.05) is 61.4 Å². The molecule has 4 heterocycles. The smallest absolute Gasteiger partial charge is 0.321 e. The highest BCUT2D eigenvalue weighted by atomic mass is 16.2. The molecule has 0 radical (unpaired) electrons. The maximum Gasteiger partial charge on any atom is 0.321 e. The molecule has 3 aromatic rings. The average molecular weight is 530 g/mol. The third-order valence-corrected chi connectivity index (χ3v) is 7.71. The molecule has 0 spiro atoms. The van der Waals surface area contributed by atoms with E-state index in [9.17, 15) is 14.4 Å². The van der Waals surface area contributed by atoms with Crippen LogP contribution in [0.5, 0.6) is 0 Å². The van der Waals surface area contributed by atoms with Crippen molar-refractivity contribution in [1.29, 1.82) is 0 Å². The maximum atomic E-state index is 13.0. The molecule has 1 N–H and O–H groups in total. The van der Waals surface area contributed by atoms with Crippen LogP contribution in [0.25, 0.3) is 0 Å². The molecule has 2 aliphatic rings. The molecule has 10 nitrogen and oxygen atoms in total. The fraction of sp³-hybridized carbons (Fsp3) is 0.379. The zero-order chi connectivity index (χ0) is 27.4. The molecule has 0 aliphatic carbocycles. The van der Waals surface area contributed by atoms with E-state index < -0.39 is 0 Å². The Balaban J connectivity index is 1.08. The maximum absolute atomic E-state index is 13.0. The lowest BCUT2D eigenvalue weighted by Gasteiger charge is -2.35. The number of piperazine rings is 1. The quantitative estimate of drug-likeness (QED) is 0.548. The van der Waals surface area contributed by atoms with Gasteiger partial charge in [0.2, 0.25) is 5.91 Å². The van der Waals surface area contributed by atoms with Gasteiger partial charge in [-0.2, -0.15) is 0 Å². The number of urea groups is 1. The number of nitrogens with one attached hydrogen (secondary N) is 1. The molecule has 0 unspecified atom stereocenters. The molecule has 2 aromatic heterocycles. The molecule has 2 saturated heterocycles. The van der Waals surface area contributed by atoms with Gasteiger partial charge >= 0.3 is 6.03 Å². The highest BCUT2D eigenvalue weighted by molar-refractivity contribution is 5.95. The second-order valence-corrected chi connectivity index (χ2v) is 10.1. The molecular weight excluding hydrogens is 494 g/mol. The molecule has 0 saturated carbocycles. The Bertz CT molecular complexity index is 1290. The number of pyridine rings is 1. The first-order valence-electron chi connectivity index (χ1n) is 13.4. The third kappa shape index (κ3) is 5.89. The lowest BCUT2D eigenvalue weighted by molar-refractivity contribution is -0.122. The number of nitrogens with zero attached hydrogens (tertiary/aromatic N) is 6. The van der Waals surface area contributed by atoms with E-state index in [1.54, 1.807) is 27.1 Å². The Morgan fingerprint density at radius 3 is 2.21 bits per heavy atom. The number of carbonyl (C=O) groups is 3. The summed E-state index contributed by atoms with van der Waals surface area (Å²) in [4.78, 5) is 50.1. The number of benzene rings is 1. The summed E-state index contributed by atoms with van der Waals surface area (Å²) in [6, 6.07) is 15.1. The standard InChI is InChI=1S/C29H35N7O3/c1-32-14-4-6-26(32)28(38)35-17-19-36(20-18-35)29(39)31-23-7-9-24(10-8-23)34-15-11-22(12-16-34)27(37)33(2)25-5-3-13-30-21-25/h3-10,13-14,21-22H,11-12,15-20H2,1-2H3,(H,31,39). The van der Waals surface area contributed by atoms with Crippen molar-refractivity contribution in [2.45, 2.75) is 12.8 Å². The predicted octanol–water partition coefficient (Wildman–Crippen LogP) is 3.29. The Hall–Kier alpha value is -4.34. The summed E-state index contributed by atoms with van der Waals surface area (Å²) in [6.07, 6.45) is 6.85. The molecule has 1 aromatic carbocycles. The van der Waals surface area contributed by atoms with Gasteiger partial charge in [0.05, 0.1) is 11.9 Å². The van der Waals surface area contributed by atoms with Gasteiger partial charge in [0.25, 0.3) is 5.91 Å². The molecule has 0 atom stereocenters. The molecule has 204 valence electrons. The molecule has 0 bridgehead atoms. The summed E-state index contributed by atoms with van der Waals surface area (Å²) < 4.78 is 1.81. The lowest BCUT2D eigenvalue weighted by Crippen LogP contribution is -2.51. The minimum Gasteiger partial charge on any atom is -0.371 e. The van der Waals surface area contributed by atoms with Gasteiger partial charge < -0.3 is 29.5 Å². The van der Waals surface area contributed by atoms with Gasteiger partial charge in [-0.15, -0.1) is 0 Å². The highest BCUT2D eigenvalue weighted by Crippen LogP contribution is 2.27. The van der Waals surface area contributed by atoms with Gasteiger partial charge in [0, 0.05) is 83.1 Å². The number of hydrogen-bond acceptors (Lipinski definition) is 5. The van der Waals surface area contributed by atoms with Crippen molar-refractivity contribution in [3.8, 4) is 0 Å². The van der Waals surface area contributed by atoms with Crippen molar-refractivity contribution >= 4 is 34.9 Å². The van der Waals surface area contributed by atoms with Crippen molar-refractivity contribution in [2.24, 2.45) is 13.0 Å². The Morgan fingerprint density at radius 1 is 0.897 bits per heavy atom. The largest absolute Gasteiger partial charge is 0.371 e. The number of carbonyl (C=O) groups excluding carboxylic acids is 3. The van der Waals surface area contributed by atoms with Gasteiger partial charge in [-0.05, 0) is 61.4 Å². The van der Waals surface area contributed by atoms with Crippen molar-refractivity contribution in [3.63, 3.8) is 0 Å². The van der Waals surface area contributed by atoms with E-state index in [1.807, 2.05) is 73.4 Å². The fourth-order valence-corrected chi connectivity index (χ4v) is 5.25. The van der Waals surface area contributed by atoms with Crippen LogP contribution in [0.3, 0.4) is 0 Å². The summed E-state index contributed by atoms with van der Waals surface area (Å²) in [5.74, 6) is 0.117. The van der Waals surface area contributed by atoms with Crippen LogP contribution in [0.1, 0.15) is 23.3 Å². The molecule has 39 heavy (non-hydrogen) atoms. The Kier molecular flexibility index (Phi) is 7.81. The SMILES string of the molecule is CN(C(=O)C1CCN(c2ccc(NC(=O)N3CCN(C(=O)c4cccn4C)CC3)cc2)CC1)c1cccnc1. The first-order valence-corrected chi connectivity index (χ1v) is 13.4. The molecule has 5 rings (SSSR count). The Labute approximate surface area is 228 Å². The second-order valence-electron chi connectivity index (χ2n) is 10.1. The summed E-state index contributed by atoms with van der Waals surface area (Å²) in [6.45, 7) is 3.59. The van der Waals surface area contributed by atoms with Crippen LogP contribution >= 0.6 is 0 Å². The third-order valence-electron chi connectivity index (χ3n) is 7.71. The van der Waals surface area contributed by atoms with E-state index in [1.165, 1.54) is 0 Å². The summed E-state index contributed by atoms with van der Waals surface area (Å²) >= 11 is 0. The van der Waals surface area contributed by atoms with Crippen molar-refractivity contribution < 1.29 is 14.4 Å². The zero-order valence-electron chi connectivity index (χ0n) is 22.5. The molecule has 4 amide bonds. The van der Waals surface area contributed by atoms with E-state index >= 15 is 0 Å². The van der Waals surface area contributed by atoms with E-state index in [2.05, 4.69) is 15.2 Å². The molecule has 10 heteroatoms. The predicted molar refractivity (Wildman–Crippen MR) is 151 cm³/mol. The summed E-state index contributed by atoms with van der Waals surface area (Å²) in [7, 11) is 3.66. The van der Waals surface area contributed by atoms with Crippen LogP contribution in [0.2, 0.25) is 0 Å². The number of hydrogen-bond donors (Lipinski definition) is 1. The van der Waals surface area contributed by atoms with Crippen LogP contribution in [-0.4, -0.2) is 83.5 Å². The average Bonchev–Trinajstić information content (AvgIpc) is 3.42. The van der Waals surface area contributed by atoms with Gasteiger partial charge in [-0.3, -0.25) is 14.6 Å².